The first kappa shape index (κ1) is 9.75. The van der Waals surface area contributed by atoms with Crippen LogP contribution in [0, 0.1) is 13.8 Å². The highest BCUT2D eigenvalue weighted by Crippen LogP contribution is 2.33. The van der Waals surface area contributed by atoms with Crippen molar-refractivity contribution in [1.82, 2.24) is 0 Å². The maximum absolute atomic E-state index is 6.18. The standard InChI is InChI=1S/C12H11ClS/c1-8-3-5-10(11(13)7-8)12-6-4-9(2)14-12/h3-7H,1-2H3. The molecule has 0 saturated heterocycles. The van der Waals surface area contributed by atoms with Gasteiger partial charge in [-0.05, 0) is 37.6 Å². The quantitative estimate of drug-likeness (QED) is 0.657. The van der Waals surface area contributed by atoms with Gasteiger partial charge >= 0.3 is 0 Å². The van der Waals surface area contributed by atoms with Crippen LogP contribution in [0.25, 0.3) is 10.4 Å². The van der Waals surface area contributed by atoms with E-state index in [1.54, 1.807) is 11.3 Å². The average molecular weight is 223 g/mol. The summed E-state index contributed by atoms with van der Waals surface area (Å²) in [7, 11) is 0. The summed E-state index contributed by atoms with van der Waals surface area (Å²) in [4.78, 5) is 2.56. The molecule has 0 aliphatic heterocycles. The van der Waals surface area contributed by atoms with Crippen LogP contribution in [0.5, 0.6) is 0 Å². The number of hydrogen-bond donors (Lipinski definition) is 0. The lowest BCUT2D eigenvalue weighted by molar-refractivity contribution is 1.48. The zero-order valence-electron chi connectivity index (χ0n) is 8.17. The normalized spacial score (nSPS) is 10.5. The van der Waals surface area contributed by atoms with Crippen molar-refractivity contribution in [3.63, 3.8) is 0 Å². The van der Waals surface area contributed by atoms with Crippen molar-refractivity contribution in [3.05, 3.63) is 45.8 Å². The van der Waals surface area contributed by atoms with Crippen LogP contribution in [0.3, 0.4) is 0 Å². The maximum Gasteiger partial charge on any atom is 0.0495 e. The summed E-state index contributed by atoms with van der Waals surface area (Å²) in [6, 6.07) is 10.4. The molecule has 0 amide bonds. The van der Waals surface area contributed by atoms with Crippen molar-refractivity contribution < 1.29 is 0 Å². The predicted molar refractivity (Wildman–Crippen MR) is 64.2 cm³/mol. The van der Waals surface area contributed by atoms with Crippen molar-refractivity contribution in [2.75, 3.05) is 0 Å². The van der Waals surface area contributed by atoms with Crippen LogP contribution >= 0.6 is 22.9 Å². The van der Waals surface area contributed by atoms with E-state index in [-0.39, 0.29) is 0 Å². The van der Waals surface area contributed by atoms with Crippen LogP contribution in [0.2, 0.25) is 5.02 Å². The fourth-order valence-electron chi connectivity index (χ4n) is 1.40. The van der Waals surface area contributed by atoms with Crippen LogP contribution < -0.4 is 0 Å². The molecular weight excluding hydrogens is 212 g/mol. The molecule has 14 heavy (non-hydrogen) atoms. The van der Waals surface area contributed by atoms with Crippen LogP contribution in [0.4, 0.5) is 0 Å². The molecule has 1 aromatic carbocycles. The van der Waals surface area contributed by atoms with Gasteiger partial charge in [0.1, 0.15) is 0 Å². The van der Waals surface area contributed by atoms with Crippen molar-refractivity contribution >= 4 is 22.9 Å². The Morgan fingerprint density at radius 2 is 1.86 bits per heavy atom. The lowest BCUT2D eigenvalue weighted by Gasteiger charge is -2.01. The molecule has 0 radical (unpaired) electrons. The molecule has 0 nitrogen and oxygen atoms in total. The maximum atomic E-state index is 6.18. The van der Waals surface area contributed by atoms with Gasteiger partial charge in [-0.15, -0.1) is 11.3 Å². The smallest absolute Gasteiger partial charge is 0.0495 e. The third kappa shape index (κ3) is 1.84. The summed E-state index contributed by atoms with van der Waals surface area (Å²) in [5, 5.41) is 0.840. The zero-order valence-corrected chi connectivity index (χ0v) is 9.75. The third-order valence-electron chi connectivity index (χ3n) is 2.13. The Labute approximate surface area is 93.2 Å². The van der Waals surface area contributed by atoms with E-state index in [1.165, 1.54) is 15.3 Å². The number of rotatable bonds is 1. The summed E-state index contributed by atoms with van der Waals surface area (Å²) >= 11 is 7.96. The lowest BCUT2D eigenvalue weighted by Crippen LogP contribution is -1.76. The van der Waals surface area contributed by atoms with Crippen molar-refractivity contribution in [1.29, 1.82) is 0 Å². The molecule has 2 rings (SSSR count). The average Bonchev–Trinajstić information content (AvgIpc) is 2.51. The van der Waals surface area contributed by atoms with Gasteiger partial charge in [-0.25, -0.2) is 0 Å². The second-order valence-electron chi connectivity index (χ2n) is 3.39. The SMILES string of the molecule is Cc1ccc(-c2ccc(C)s2)c(Cl)c1. The van der Waals surface area contributed by atoms with Crippen molar-refractivity contribution in [2.24, 2.45) is 0 Å². The zero-order chi connectivity index (χ0) is 10.1. The minimum absolute atomic E-state index is 0.840. The van der Waals surface area contributed by atoms with Gasteiger partial charge in [-0.3, -0.25) is 0 Å². The molecule has 72 valence electrons. The van der Waals surface area contributed by atoms with Gasteiger partial charge in [0.2, 0.25) is 0 Å². The molecule has 0 atom stereocenters. The summed E-state index contributed by atoms with van der Waals surface area (Å²) in [6.45, 7) is 4.16. The topological polar surface area (TPSA) is 0 Å². The molecule has 0 bridgehead atoms. The van der Waals surface area contributed by atoms with Gasteiger partial charge in [0.25, 0.3) is 0 Å². The number of aryl methyl sites for hydroxylation is 2. The molecule has 1 heterocycles. The van der Waals surface area contributed by atoms with E-state index >= 15 is 0 Å². The van der Waals surface area contributed by atoms with Crippen LogP contribution in [0.1, 0.15) is 10.4 Å². The molecule has 2 heteroatoms. The summed E-state index contributed by atoms with van der Waals surface area (Å²) in [6.07, 6.45) is 0. The number of halogens is 1. The van der Waals surface area contributed by atoms with E-state index in [2.05, 4.69) is 38.1 Å². The van der Waals surface area contributed by atoms with Gasteiger partial charge in [0.15, 0.2) is 0 Å². The minimum atomic E-state index is 0.840. The molecule has 0 N–H and O–H groups in total. The van der Waals surface area contributed by atoms with E-state index in [0.717, 1.165) is 10.6 Å². The Bertz CT molecular complexity index is 457. The molecular formula is C12H11ClS. The van der Waals surface area contributed by atoms with E-state index in [9.17, 15) is 0 Å². The second kappa shape index (κ2) is 3.76. The fourth-order valence-corrected chi connectivity index (χ4v) is 2.70. The molecule has 1 aromatic heterocycles. The van der Waals surface area contributed by atoms with Crippen molar-refractivity contribution in [3.8, 4) is 10.4 Å². The van der Waals surface area contributed by atoms with Crippen LogP contribution in [-0.4, -0.2) is 0 Å². The summed E-state index contributed by atoms with van der Waals surface area (Å²) in [5.74, 6) is 0. The molecule has 0 unspecified atom stereocenters. The van der Waals surface area contributed by atoms with E-state index < -0.39 is 0 Å². The highest BCUT2D eigenvalue weighted by atomic mass is 35.5. The summed E-state index contributed by atoms with van der Waals surface area (Å²) < 4.78 is 0. The Morgan fingerprint density at radius 3 is 2.43 bits per heavy atom. The van der Waals surface area contributed by atoms with Gasteiger partial charge < -0.3 is 0 Å². The van der Waals surface area contributed by atoms with E-state index in [1.807, 2.05) is 6.07 Å². The first-order chi connectivity index (χ1) is 6.66. The minimum Gasteiger partial charge on any atom is -0.141 e. The Morgan fingerprint density at radius 1 is 1.07 bits per heavy atom. The van der Waals surface area contributed by atoms with E-state index in [0.29, 0.717) is 0 Å². The molecule has 0 fully saturated rings. The molecule has 0 spiro atoms. The lowest BCUT2D eigenvalue weighted by atomic mass is 10.1. The molecule has 0 aliphatic carbocycles. The molecule has 0 saturated carbocycles. The number of hydrogen-bond acceptors (Lipinski definition) is 1. The highest BCUT2D eigenvalue weighted by Gasteiger charge is 2.05. The monoisotopic (exact) mass is 222 g/mol. The summed E-state index contributed by atoms with van der Waals surface area (Å²) in [5.41, 5.74) is 2.34. The predicted octanol–water partition coefficient (Wildman–Crippen LogP) is 4.69. The Kier molecular flexibility index (Phi) is 2.62. The molecule has 0 aliphatic rings. The van der Waals surface area contributed by atoms with E-state index in [4.69, 9.17) is 11.6 Å². The fraction of sp³-hybridized carbons (Fsp3) is 0.167. The van der Waals surface area contributed by atoms with Crippen LogP contribution in [-0.2, 0) is 0 Å². The first-order valence-corrected chi connectivity index (χ1v) is 5.69. The van der Waals surface area contributed by atoms with Gasteiger partial charge in [0, 0.05) is 20.3 Å². The van der Waals surface area contributed by atoms with Gasteiger partial charge in [0.05, 0.1) is 0 Å². The number of thiophene rings is 1. The van der Waals surface area contributed by atoms with Crippen molar-refractivity contribution in [2.45, 2.75) is 13.8 Å². The van der Waals surface area contributed by atoms with Gasteiger partial charge in [-0.1, -0.05) is 23.7 Å². The number of benzene rings is 1. The second-order valence-corrected chi connectivity index (χ2v) is 5.09. The van der Waals surface area contributed by atoms with Crippen LogP contribution in [0.15, 0.2) is 30.3 Å². The Balaban J connectivity index is 2.52. The largest absolute Gasteiger partial charge is 0.141 e. The van der Waals surface area contributed by atoms with Gasteiger partial charge in [-0.2, -0.15) is 0 Å². The molecule has 2 aromatic rings. The Hall–Kier alpha value is -0.790. The first-order valence-electron chi connectivity index (χ1n) is 4.50. The highest BCUT2D eigenvalue weighted by molar-refractivity contribution is 7.15. The third-order valence-corrected chi connectivity index (χ3v) is 3.48.